The summed E-state index contributed by atoms with van der Waals surface area (Å²) in [6.45, 7) is 2.06. The maximum atomic E-state index is 12.0. The van der Waals surface area contributed by atoms with Gasteiger partial charge in [0.15, 0.2) is 0 Å². The largest absolute Gasteiger partial charge is 0.393 e. The first-order chi connectivity index (χ1) is 9.09. The molecule has 100 valence electrons. The summed E-state index contributed by atoms with van der Waals surface area (Å²) in [6, 6.07) is 6.97. The molecule has 5 nitrogen and oxygen atoms in total. The van der Waals surface area contributed by atoms with Crippen LogP contribution in [0.25, 0.3) is 10.8 Å². The summed E-state index contributed by atoms with van der Waals surface area (Å²) in [7, 11) is 0. The Kier molecular flexibility index (Phi) is 3.97. The Labute approximate surface area is 110 Å². The van der Waals surface area contributed by atoms with Crippen LogP contribution in [-0.2, 0) is 0 Å². The van der Waals surface area contributed by atoms with Gasteiger partial charge in [0.05, 0.1) is 11.7 Å². The molecule has 0 fully saturated rings. The molecule has 5 heteroatoms. The van der Waals surface area contributed by atoms with E-state index in [9.17, 15) is 9.59 Å². The molecule has 1 heterocycles. The summed E-state index contributed by atoms with van der Waals surface area (Å²) in [6.07, 6.45) is 1.46. The zero-order valence-electron chi connectivity index (χ0n) is 10.6. The second kappa shape index (κ2) is 5.67. The second-order valence-electron chi connectivity index (χ2n) is 4.47. The summed E-state index contributed by atoms with van der Waals surface area (Å²) in [5, 5.41) is 13.0. The van der Waals surface area contributed by atoms with Gasteiger partial charge >= 0.3 is 0 Å². The molecule has 0 saturated heterocycles. The van der Waals surface area contributed by atoms with Gasteiger partial charge in [0.2, 0.25) is 0 Å². The fourth-order valence-corrected chi connectivity index (χ4v) is 1.89. The number of nitrogens with one attached hydrogen (secondary N) is 2. The van der Waals surface area contributed by atoms with Gasteiger partial charge in [-0.25, -0.2) is 0 Å². The average Bonchev–Trinajstić information content (AvgIpc) is 2.39. The Morgan fingerprint density at radius 3 is 2.74 bits per heavy atom. The predicted molar refractivity (Wildman–Crippen MR) is 73.2 cm³/mol. The van der Waals surface area contributed by atoms with E-state index in [1.165, 1.54) is 6.20 Å². The van der Waals surface area contributed by atoms with E-state index in [0.29, 0.717) is 29.3 Å². The summed E-state index contributed by atoms with van der Waals surface area (Å²) in [4.78, 5) is 26.2. The first-order valence-corrected chi connectivity index (χ1v) is 6.16. The molecule has 0 unspecified atom stereocenters. The monoisotopic (exact) mass is 260 g/mol. The van der Waals surface area contributed by atoms with Crippen LogP contribution in [-0.4, -0.2) is 28.6 Å². The topological polar surface area (TPSA) is 82.2 Å². The number of benzene rings is 1. The SMILES string of the molecule is C[C@H](O)CCNC(=O)c1c[nH]c(=O)c2ccccc12. The van der Waals surface area contributed by atoms with Gasteiger partial charge in [-0.15, -0.1) is 0 Å². The Bertz CT molecular complexity index is 646. The molecule has 2 rings (SSSR count). The molecule has 2 aromatic rings. The highest BCUT2D eigenvalue weighted by atomic mass is 16.3. The van der Waals surface area contributed by atoms with Crippen molar-refractivity contribution >= 4 is 16.7 Å². The predicted octanol–water partition coefficient (Wildman–Crippen LogP) is 1.03. The Balaban J connectivity index is 2.28. The normalized spacial score (nSPS) is 12.3. The van der Waals surface area contributed by atoms with E-state index < -0.39 is 6.10 Å². The third kappa shape index (κ3) is 3.00. The average molecular weight is 260 g/mol. The van der Waals surface area contributed by atoms with Gasteiger partial charge in [-0.05, 0) is 19.4 Å². The van der Waals surface area contributed by atoms with Crippen molar-refractivity contribution in [3.63, 3.8) is 0 Å². The number of H-pyrrole nitrogens is 1. The molecule has 0 aliphatic rings. The second-order valence-corrected chi connectivity index (χ2v) is 4.47. The highest BCUT2D eigenvalue weighted by Gasteiger charge is 2.11. The molecule has 0 aliphatic heterocycles. The first-order valence-electron chi connectivity index (χ1n) is 6.16. The zero-order chi connectivity index (χ0) is 13.8. The molecule has 0 aliphatic carbocycles. The number of carbonyl (C=O) groups is 1. The Hall–Kier alpha value is -2.14. The number of carbonyl (C=O) groups excluding carboxylic acids is 1. The van der Waals surface area contributed by atoms with Crippen LogP contribution in [0.5, 0.6) is 0 Å². The molecule has 0 bridgehead atoms. The zero-order valence-corrected chi connectivity index (χ0v) is 10.6. The van der Waals surface area contributed by atoms with Crippen molar-refractivity contribution in [2.24, 2.45) is 0 Å². The van der Waals surface area contributed by atoms with Crippen LogP contribution >= 0.6 is 0 Å². The lowest BCUT2D eigenvalue weighted by Crippen LogP contribution is -2.27. The van der Waals surface area contributed by atoms with E-state index in [1.807, 2.05) is 0 Å². The number of aliphatic hydroxyl groups excluding tert-OH is 1. The first kappa shape index (κ1) is 13.3. The third-order valence-electron chi connectivity index (χ3n) is 2.90. The number of fused-ring (bicyclic) bond motifs is 1. The highest BCUT2D eigenvalue weighted by molar-refractivity contribution is 6.06. The number of amides is 1. The lowest BCUT2D eigenvalue weighted by molar-refractivity contribution is 0.0947. The quantitative estimate of drug-likeness (QED) is 0.768. The van der Waals surface area contributed by atoms with Crippen molar-refractivity contribution in [3.05, 3.63) is 46.4 Å². The highest BCUT2D eigenvalue weighted by Crippen LogP contribution is 2.13. The van der Waals surface area contributed by atoms with E-state index in [-0.39, 0.29) is 11.5 Å². The van der Waals surface area contributed by atoms with Crippen LogP contribution in [0.4, 0.5) is 0 Å². The van der Waals surface area contributed by atoms with Crippen LogP contribution in [0, 0.1) is 0 Å². The molecular formula is C14H16N2O3. The van der Waals surface area contributed by atoms with Crippen molar-refractivity contribution < 1.29 is 9.90 Å². The van der Waals surface area contributed by atoms with Gasteiger partial charge in [-0.3, -0.25) is 9.59 Å². The molecule has 3 N–H and O–H groups in total. The van der Waals surface area contributed by atoms with Crippen LogP contribution < -0.4 is 10.9 Å². The minimum absolute atomic E-state index is 0.212. The minimum Gasteiger partial charge on any atom is -0.393 e. The van der Waals surface area contributed by atoms with E-state index in [0.717, 1.165) is 0 Å². The molecule has 1 atom stereocenters. The van der Waals surface area contributed by atoms with Gasteiger partial charge in [0.1, 0.15) is 0 Å². The van der Waals surface area contributed by atoms with Crippen LogP contribution in [0.3, 0.4) is 0 Å². The Morgan fingerprint density at radius 1 is 1.37 bits per heavy atom. The molecule has 0 spiro atoms. The van der Waals surface area contributed by atoms with E-state index >= 15 is 0 Å². The van der Waals surface area contributed by atoms with Crippen molar-refractivity contribution in [2.45, 2.75) is 19.4 Å². The summed E-state index contributed by atoms with van der Waals surface area (Å²) in [5.41, 5.74) is 0.219. The molecule has 1 aromatic heterocycles. The molecule has 1 aromatic carbocycles. The van der Waals surface area contributed by atoms with Crippen molar-refractivity contribution in [1.82, 2.24) is 10.3 Å². The van der Waals surface area contributed by atoms with Crippen molar-refractivity contribution in [3.8, 4) is 0 Å². The van der Waals surface area contributed by atoms with Gasteiger partial charge in [0.25, 0.3) is 11.5 Å². The lowest BCUT2D eigenvalue weighted by atomic mass is 10.1. The molecule has 1 amide bonds. The summed E-state index contributed by atoms with van der Waals surface area (Å²) < 4.78 is 0. The van der Waals surface area contributed by atoms with E-state index in [2.05, 4.69) is 10.3 Å². The molecule has 0 saturated carbocycles. The number of aromatic nitrogens is 1. The van der Waals surface area contributed by atoms with Gasteiger partial charge in [-0.1, -0.05) is 18.2 Å². The maximum absolute atomic E-state index is 12.0. The number of aliphatic hydroxyl groups is 1. The van der Waals surface area contributed by atoms with Gasteiger partial charge < -0.3 is 15.4 Å². The fraction of sp³-hybridized carbons (Fsp3) is 0.286. The molecule has 0 radical (unpaired) electrons. The molecular weight excluding hydrogens is 244 g/mol. The Morgan fingerprint density at radius 2 is 2.05 bits per heavy atom. The fourth-order valence-electron chi connectivity index (χ4n) is 1.89. The maximum Gasteiger partial charge on any atom is 0.255 e. The smallest absolute Gasteiger partial charge is 0.255 e. The number of rotatable bonds is 4. The number of hydrogen-bond acceptors (Lipinski definition) is 3. The molecule has 19 heavy (non-hydrogen) atoms. The number of hydrogen-bond donors (Lipinski definition) is 3. The van der Waals surface area contributed by atoms with Crippen molar-refractivity contribution in [2.75, 3.05) is 6.54 Å². The minimum atomic E-state index is -0.451. The lowest BCUT2D eigenvalue weighted by Gasteiger charge is -2.08. The van der Waals surface area contributed by atoms with Gasteiger partial charge in [-0.2, -0.15) is 0 Å². The summed E-state index contributed by atoms with van der Waals surface area (Å²) in [5.74, 6) is -0.256. The standard InChI is InChI=1S/C14H16N2O3/c1-9(17)6-7-15-14(19)12-8-16-13(18)11-5-3-2-4-10(11)12/h2-5,8-9,17H,6-7H2,1H3,(H,15,19)(H,16,18)/t9-/m0/s1. The summed E-state index contributed by atoms with van der Waals surface area (Å²) >= 11 is 0. The number of pyridine rings is 1. The van der Waals surface area contributed by atoms with Crippen LogP contribution in [0.1, 0.15) is 23.7 Å². The number of aromatic amines is 1. The van der Waals surface area contributed by atoms with Crippen LogP contribution in [0.2, 0.25) is 0 Å². The third-order valence-corrected chi connectivity index (χ3v) is 2.90. The van der Waals surface area contributed by atoms with Crippen LogP contribution in [0.15, 0.2) is 35.3 Å². The van der Waals surface area contributed by atoms with E-state index in [4.69, 9.17) is 5.11 Å². The van der Waals surface area contributed by atoms with Gasteiger partial charge in [0, 0.05) is 23.5 Å². The van der Waals surface area contributed by atoms with E-state index in [1.54, 1.807) is 31.2 Å². The van der Waals surface area contributed by atoms with Crippen molar-refractivity contribution in [1.29, 1.82) is 0 Å².